The Hall–Kier alpha value is -2.94. The van der Waals surface area contributed by atoms with Gasteiger partial charge in [0.2, 0.25) is 5.91 Å². The summed E-state index contributed by atoms with van der Waals surface area (Å²) in [5.41, 5.74) is 6.45. The lowest BCUT2D eigenvalue weighted by atomic mass is 9.96. The first-order valence-corrected chi connectivity index (χ1v) is 10.6. The molecule has 2 aromatic rings. The molecule has 0 aliphatic carbocycles. The molecule has 0 radical (unpaired) electrons. The van der Waals surface area contributed by atoms with Crippen molar-refractivity contribution >= 4 is 27.5 Å². The highest BCUT2D eigenvalue weighted by molar-refractivity contribution is 7.92. The lowest BCUT2D eigenvalue weighted by Crippen LogP contribution is -2.44. The number of hydrogen-bond acceptors (Lipinski definition) is 4. The number of aryl methyl sites for hydroxylation is 1. The van der Waals surface area contributed by atoms with Crippen LogP contribution in [0.5, 0.6) is 0 Å². The molecule has 0 spiro atoms. The van der Waals surface area contributed by atoms with Gasteiger partial charge in [-0.1, -0.05) is 6.07 Å². The van der Waals surface area contributed by atoms with Gasteiger partial charge >= 0.3 is 0 Å². The van der Waals surface area contributed by atoms with Gasteiger partial charge in [-0.05, 0) is 61.7 Å². The quantitative estimate of drug-likeness (QED) is 0.775. The molecule has 1 aliphatic heterocycles. The molecule has 0 unspecified atom stereocenters. The molecular weight excluding hydrogens is 397 g/mol. The minimum atomic E-state index is -3.97. The van der Waals surface area contributed by atoms with Crippen molar-refractivity contribution in [2.45, 2.75) is 24.7 Å². The van der Waals surface area contributed by atoms with Crippen LogP contribution in [-0.2, 0) is 14.8 Å². The van der Waals surface area contributed by atoms with Gasteiger partial charge in [0.15, 0.2) is 0 Å². The number of sulfonamides is 1. The van der Waals surface area contributed by atoms with Crippen LogP contribution in [0.1, 0.15) is 28.8 Å². The molecule has 7 nitrogen and oxygen atoms in total. The van der Waals surface area contributed by atoms with Crippen LogP contribution in [0.4, 0.5) is 10.1 Å². The number of likely N-dealkylation sites (tertiary alicyclic amines) is 1. The minimum Gasteiger partial charge on any atom is -0.369 e. The Labute approximate surface area is 168 Å². The standard InChI is InChI=1S/C20H22FN3O4S/c1-13-4-9-17(29(27,28)23-16-7-5-15(21)6-8-16)11-18(13)20(26)24-10-2-3-14(12-24)19(22)25/h4-9,11,14,23H,2-3,10,12H2,1H3,(H2,22,25)/t14-/m0/s1. The first-order valence-electron chi connectivity index (χ1n) is 9.15. The number of anilines is 1. The number of nitrogens with two attached hydrogens (primary N) is 1. The Morgan fingerprint density at radius 1 is 1.17 bits per heavy atom. The topological polar surface area (TPSA) is 110 Å². The van der Waals surface area contributed by atoms with Crippen molar-refractivity contribution in [1.29, 1.82) is 0 Å². The van der Waals surface area contributed by atoms with E-state index in [2.05, 4.69) is 4.72 Å². The summed E-state index contributed by atoms with van der Waals surface area (Å²) in [7, 11) is -3.97. The van der Waals surface area contributed by atoms with Gasteiger partial charge in [0.1, 0.15) is 5.82 Å². The Morgan fingerprint density at radius 2 is 1.86 bits per heavy atom. The number of benzene rings is 2. The molecule has 0 bridgehead atoms. The number of primary amides is 1. The highest BCUT2D eigenvalue weighted by Gasteiger charge is 2.29. The fourth-order valence-corrected chi connectivity index (χ4v) is 4.38. The number of halogens is 1. The van der Waals surface area contributed by atoms with E-state index in [-0.39, 0.29) is 28.6 Å². The second-order valence-corrected chi connectivity index (χ2v) is 8.76. The third-order valence-corrected chi connectivity index (χ3v) is 6.34. The Balaban J connectivity index is 1.86. The van der Waals surface area contributed by atoms with Gasteiger partial charge in [-0.15, -0.1) is 0 Å². The number of carbonyl (C=O) groups excluding carboxylic acids is 2. The summed E-state index contributed by atoms with van der Waals surface area (Å²) >= 11 is 0. The molecule has 9 heteroatoms. The van der Waals surface area contributed by atoms with Crippen LogP contribution < -0.4 is 10.5 Å². The van der Waals surface area contributed by atoms with E-state index in [1.165, 1.54) is 29.2 Å². The molecular formula is C20H22FN3O4S. The highest BCUT2D eigenvalue weighted by atomic mass is 32.2. The Bertz CT molecular complexity index is 1040. The second kappa shape index (κ2) is 8.20. The molecule has 1 atom stereocenters. The molecule has 1 heterocycles. The fraction of sp³-hybridized carbons (Fsp3) is 0.300. The van der Waals surface area contributed by atoms with E-state index in [0.717, 1.165) is 12.1 Å². The summed E-state index contributed by atoms with van der Waals surface area (Å²) in [6, 6.07) is 9.19. The average molecular weight is 419 g/mol. The van der Waals surface area contributed by atoms with Crippen LogP contribution in [0.25, 0.3) is 0 Å². The van der Waals surface area contributed by atoms with Gasteiger partial charge in [-0.25, -0.2) is 12.8 Å². The predicted molar refractivity (Wildman–Crippen MR) is 106 cm³/mol. The van der Waals surface area contributed by atoms with E-state index in [9.17, 15) is 22.4 Å². The van der Waals surface area contributed by atoms with Crippen molar-refractivity contribution in [3.05, 3.63) is 59.4 Å². The van der Waals surface area contributed by atoms with Crippen molar-refractivity contribution in [3.8, 4) is 0 Å². The number of amides is 2. The first-order chi connectivity index (χ1) is 13.7. The van der Waals surface area contributed by atoms with Gasteiger partial charge in [-0.2, -0.15) is 0 Å². The lowest BCUT2D eigenvalue weighted by Gasteiger charge is -2.31. The maximum atomic E-state index is 13.0. The monoisotopic (exact) mass is 419 g/mol. The molecule has 29 heavy (non-hydrogen) atoms. The maximum Gasteiger partial charge on any atom is 0.261 e. The fourth-order valence-electron chi connectivity index (χ4n) is 3.29. The molecule has 0 aromatic heterocycles. The van der Waals surface area contributed by atoms with Crippen molar-refractivity contribution in [3.63, 3.8) is 0 Å². The van der Waals surface area contributed by atoms with Crippen molar-refractivity contribution in [2.24, 2.45) is 11.7 Å². The number of rotatable bonds is 5. The van der Waals surface area contributed by atoms with E-state index in [4.69, 9.17) is 5.73 Å². The largest absolute Gasteiger partial charge is 0.369 e. The zero-order chi connectivity index (χ0) is 21.2. The Morgan fingerprint density at radius 3 is 2.52 bits per heavy atom. The zero-order valence-electron chi connectivity index (χ0n) is 15.9. The summed E-state index contributed by atoms with van der Waals surface area (Å²) in [5.74, 6) is -1.67. The lowest BCUT2D eigenvalue weighted by molar-refractivity contribution is -0.123. The van der Waals surface area contributed by atoms with Gasteiger partial charge < -0.3 is 10.6 Å². The second-order valence-electron chi connectivity index (χ2n) is 7.08. The number of nitrogens with zero attached hydrogens (tertiary/aromatic N) is 1. The van der Waals surface area contributed by atoms with Crippen molar-refractivity contribution in [1.82, 2.24) is 4.90 Å². The van der Waals surface area contributed by atoms with Crippen LogP contribution in [0.2, 0.25) is 0 Å². The molecule has 1 saturated heterocycles. The summed E-state index contributed by atoms with van der Waals surface area (Å²) in [6.45, 7) is 2.41. The third kappa shape index (κ3) is 4.73. The number of carbonyl (C=O) groups is 2. The average Bonchev–Trinajstić information content (AvgIpc) is 2.69. The smallest absolute Gasteiger partial charge is 0.261 e. The molecule has 0 saturated carbocycles. The molecule has 154 valence electrons. The first kappa shape index (κ1) is 20.8. The van der Waals surface area contributed by atoms with Crippen LogP contribution in [0, 0.1) is 18.7 Å². The maximum absolute atomic E-state index is 13.0. The Kier molecular flexibility index (Phi) is 5.88. The molecule has 3 N–H and O–H groups in total. The molecule has 1 fully saturated rings. The van der Waals surface area contributed by atoms with Crippen LogP contribution in [0.3, 0.4) is 0 Å². The van der Waals surface area contributed by atoms with Crippen LogP contribution in [0.15, 0.2) is 47.4 Å². The normalized spacial score (nSPS) is 17.0. The number of piperidine rings is 1. The van der Waals surface area contributed by atoms with E-state index < -0.39 is 27.7 Å². The van der Waals surface area contributed by atoms with E-state index >= 15 is 0 Å². The zero-order valence-corrected chi connectivity index (χ0v) is 16.7. The number of hydrogen-bond donors (Lipinski definition) is 2. The molecule has 2 amide bonds. The van der Waals surface area contributed by atoms with E-state index in [1.54, 1.807) is 13.0 Å². The number of nitrogens with one attached hydrogen (secondary N) is 1. The molecule has 2 aromatic carbocycles. The van der Waals surface area contributed by atoms with Crippen molar-refractivity contribution in [2.75, 3.05) is 17.8 Å². The van der Waals surface area contributed by atoms with Crippen molar-refractivity contribution < 1.29 is 22.4 Å². The van der Waals surface area contributed by atoms with Gasteiger partial charge in [-0.3, -0.25) is 14.3 Å². The third-order valence-electron chi connectivity index (χ3n) is 4.96. The SMILES string of the molecule is Cc1ccc(S(=O)(=O)Nc2ccc(F)cc2)cc1C(=O)N1CCC[C@H](C(N)=O)C1. The van der Waals surface area contributed by atoms with Gasteiger partial charge in [0.25, 0.3) is 15.9 Å². The summed E-state index contributed by atoms with van der Waals surface area (Å²) < 4.78 is 40.8. The molecule has 1 aliphatic rings. The van der Waals surface area contributed by atoms with Crippen LogP contribution >= 0.6 is 0 Å². The van der Waals surface area contributed by atoms with Crippen LogP contribution in [-0.4, -0.2) is 38.2 Å². The summed E-state index contributed by atoms with van der Waals surface area (Å²) in [5, 5.41) is 0. The van der Waals surface area contributed by atoms with E-state index in [1.807, 2.05) is 0 Å². The summed E-state index contributed by atoms with van der Waals surface area (Å²) in [4.78, 5) is 25.9. The highest BCUT2D eigenvalue weighted by Crippen LogP contribution is 2.23. The van der Waals surface area contributed by atoms with Gasteiger partial charge in [0.05, 0.1) is 10.8 Å². The van der Waals surface area contributed by atoms with E-state index in [0.29, 0.717) is 24.9 Å². The minimum absolute atomic E-state index is 0.0840. The predicted octanol–water partition coefficient (Wildman–Crippen LogP) is 2.27. The van der Waals surface area contributed by atoms with Gasteiger partial charge in [0, 0.05) is 24.3 Å². The summed E-state index contributed by atoms with van der Waals surface area (Å²) in [6.07, 6.45) is 1.29. The molecule has 3 rings (SSSR count).